The highest BCUT2D eigenvalue weighted by Gasteiger charge is 2.28. The summed E-state index contributed by atoms with van der Waals surface area (Å²) in [4.78, 5) is 25.6. The van der Waals surface area contributed by atoms with Crippen LogP contribution in [0.3, 0.4) is 0 Å². The van der Waals surface area contributed by atoms with Crippen LogP contribution in [-0.2, 0) is 20.7 Å². The Balaban J connectivity index is 1.95. The van der Waals surface area contributed by atoms with E-state index in [9.17, 15) is 9.59 Å². The standard InChI is InChI=1S/C15H20N2O3/c1-20-15(19)12-3-2-8-17(10-12)14(18)9-11-4-6-13(16)7-5-11/h4-7,12H,2-3,8-10,16H2,1H3. The van der Waals surface area contributed by atoms with Gasteiger partial charge in [-0.3, -0.25) is 9.59 Å². The molecule has 2 rings (SSSR count). The number of carbonyl (C=O) groups is 2. The zero-order valence-electron chi connectivity index (χ0n) is 11.7. The van der Waals surface area contributed by atoms with Crippen LogP contribution < -0.4 is 5.73 Å². The molecule has 1 fully saturated rings. The predicted molar refractivity (Wildman–Crippen MR) is 75.9 cm³/mol. The Morgan fingerprint density at radius 2 is 2.05 bits per heavy atom. The van der Waals surface area contributed by atoms with E-state index in [0.717, 1.165) is 18.4 Å². The first kappa shape index (κ1) is 14.4. The molecule has 0 bridgehead atoms. The van der Waals surface area contributed by atoms with Crippen LogP contribution in [0, 0.1) is 5.92 Å². The van der Waals surface area contributed by atoms with E-state index in [1.54, 1.807) is 17.0 Å². The number of esters is 1. The Morgan fingerprint density at radius 1 is 1.35 bits per heavy atom. The van der Waals surface area contributed by atoms with Gasteiger partial charge in [0.1, 0.15) is 0 Å². The van der Waals surface area contributed by atoms with Crippen LogP contribution in [-0.4, -0.2) is 37.0 Å². The number of piperidine rings is 1. The molecule has 1 amide bonds. The van der Waals surface area contributed by atoms with Gasteiger partial charge in [-0.05, 0) is 30.5 Å². The number of carbonyl (C=O) groups excluding carboxylic acids is 2. The molecule has 0 spiro atoms. The highest BCUT2D eigenvalue weighted by molar-refractivity contribution is 5.80. The molecule has 1 aliphatic rings. The Labute approximate surface area is 118 Å². The van der Waals surface area contributed by atoms with E-state index in [1.165, 1.54) is 7.11 Å². The molecule has 20 heavy (non-hydrogen) atoms. The summed E-state index contributed by atoms with van der Waals surface area (Å²) in [6, 6.07) is 7.29. The fourth-order valence-electron chi connectivity index (χ4n) is 2.48. The molecule has 0 aromatic heterocycles. The second kappa shape index (κ2) is 6.41. The molecule has 1 heterocycles. The number of nitrogens with zero attached hydrogens (tertiary/aromatic N) is 1. The zero-order valence-corrected chi connectivity index (χ0v) is 11.7. The van der Waals surface area contributed by atoms with Crippen molar-refractivity contribution < 1.29 is 14.3 Å². The number of hydrogen-bond acceptors (Lipinski definition) is 4. The molecule has 1 atom stereocenters. The first-order valence-electron chi connectivity index (χ1n) is 6.80. The van der Waals surface area contributed by atoms with Gasteiger partial charge in [0.2, 0.25) is 5.91 Å². The summed E-state index contributed by atoms with van der Waals surface area (Å²) < 4.78 is 4.76. The van der Waals surface area contributed by atoms with Crippen molar-refractivity contribution in [2.75, 3.05) is 25.9 Å². The van der Waals surface area contributed by atoms with Gasteiger partial charge in [0.15, 0.2) is 0 Å². The third-order valence-corrected chi connectivity index (χ3v) is 3.64. The quantitative estimate of drug-likeness (QED) is 0.665. The molecule has 1 saturated heterocycles. The van der Waals surface area contributed by atoms with Crippen molar-refractivity contribution in [2.45, 2.75) is 19.3 Å². The van der Waals surface area contributed by atoms with Crippen molar-refractivity contribution in [3.8, 4) is 0 Å². The van der Waals surface area contributed by atoms with Gasteiger partial charge in [-0.15, -0.1) is 0 Å². The van der Waals surface area contributed by atoms with Crippen molar-refractivity contribution >= 4 is 17.6 Å². The number of benzene rings is 1. The molecule has 5 heteroatoms. The number of ether oxygens (including phenoxy) is 1. The van der Waals surface area contributed by atoms with Crippen molar-refractivity contribution in [1.82, 2.24) is 4.90 Å². The Morgan fingerprint density at radius 3 is 2.70 bits per heavy atom. The van der Waals surface area contributed by atoms with Crippen molar-refractivity contribution in [1.29, 1.82) is 0 Å². The lowest BCUT2D eigenvalue weighted by Gasteiger charge is -2.31. The summed E-state index contributed by atoms with van der Waals surface area (Å²) in [7, 11) is 1.39. The van der Waals surface area contributed by atoms with E-state index < -0.39 is 0 Å². The van der Waals surface area contributed by atoms with Gasteiger partial charge in [0.25, 0.3) is 0 Å². The first-order valence-corrected chi connectivity index (χ1v) is 6.80. The Bertz CT molecular complexity index is 484. The van der Waals surface area contributed by atoms with E-state index in [4.69, 9.17) is 10.5 Å². The predicted octanol–water partition coefficient (Wildman–Crippen LogP) is 1.22. The molecule has 1 aromatic carbocycles. The van der Waals surface area contributed by atoms with Crippen molar-refractivity contribution in [2.24, 2.45) is 5.92 Å². The van der Waals surface area contributed by atoms with Gasteiger partial charge in [0.05, 0.1) is 19.4 Å². The second-order valence-corrected chi connectivity index (χ2v) is 5.12. The number of rotatable bonds is 3. The highest BCUT2D eigenvalue weighted by atomic mass is 16.5. The van der Waals surface area contributed by atoms with Crippen LogP contribution in [0.4, 0.5) is 5.69 Å². The van der Waals surface area contributed by atoms with E-state index in [2.05, 4.69) is 0 Å². The molecule has 0 saturated carbocycles. The van der Waals surface area contributed by atoms with Gasteiger partial charge >= 0.3 is 5.97 Å². The molecule has 5 nitrogen and oxygen atoms in total. The summed E-state index contributed by atoms with van der Waals surface area (Å²) in [5.74, 6) is -0.373. The molecular formula is C15H20N2O3. The van der Waals surface area contributed by atoms with E-state index in [0.29, 0.717) is 25.2 Å². The third kappa shape index (κ3) is 3.50. The van der Waals surface area contributed by atoms with Crippen molar-refractivity contribution in [3.63, 3.8) is 0 Å². The largest absolute Gasteiger partial charge is 0.469 e. The van der Waals surface area contributed by atoms with E-state index in [1.807, 2.05) is 12.1 Å². The number of likely N-dealkylation sites (tertiary alicyclic amines) is 1. The lowest BCUT2D eigenvalue weighted by molar-refractivity contribution is -0.148. The maximum Gasteiger partial charge on any atom is 0.310 e. The maximum atomic E-state index is 12.3. The molecule has 0 aliphatic carbocycles. The van der Waals surface area contributed by atoms with Crippen LogP contribution in [0.15, 0.2) is 24.3 Å². The maximum absolute atomic E-state index is 12.3. The van der Waals surface area contributed by atoms with Gasteiger partial charge < -0.3 is 15.4 Å². The van der Waals surface area contributed by atoms with Crippen molar-refractivity contribution in [3.05, 3.63) is 29.8 Å². The number of amides is 1. The summed E-state index contributed by atoms with van der Waals surface area (Å²) in [6.45, 7) is 1.17. The first-order chi connectivity index (χ1) is 9.60. The molecule has 1 aromatic rings. The molecule has 2 N–H and O–H groups in total. The summed E-state index contributed by atoms with van der Waals surface area (Å²) in [6.07, 6.45) is 1.97. The minimum atomic E-state index is -0.227. The SMILES string of the molecule is COC(=O)C1CCCN(C(=O)Cc2ccc(N)cc2)C1. The van der Waals surface area contributed by atoms with Gasteiger partial charge in [-0.2, -0.15) is 0 Å². The Hall–Kier alpha value is -2.04. The molecule has 1 unspecified atom stereocenters. The average molecular weight is 276 g/mol. The van der Waals surface area contributed by atoms with Crippen LogP contribution >= 0.6 is 0 Å². The van der Waals surface area contributed by atoms with Gasteiger partial charge in [0, 0.05) is 18.8 Å². The van der Waals surface area contributed by atoms with Crippen LogP contribution in [0.5, 0.6) is 0 Å². The number of nitrogen functional groups attached to an aromatic ring is 1. The molecule has 1 aliphatic heterocycles. The fourth-order valence-corrected chi connectivity index (χ4v) is 2.48. The Kier molecular flexibility index (Phi) is 4.61. The lowest BCUT2D eigenvalue weighted by atomic mass is 9.97. The normalized spacial score (nSPS) is 18.6. The zero-order chi connectivity index (χ0) is 14.5. The number of anilines is 1. The monoisotopic (exact) mass is 276 g/mol. The van der Waals surface area contributed by atoms with Crippen LogP contribution in [0.1, 0.15) is 18.4 Å². The lowest BCUT2D eigenvalue weighted by Crippen LogP contribution is -2.43. The topological polar surface area (TPSA) is 72.6 Å². The molecule has 108 valence electrons. The van der Waals surface area contributed by atoms with Crippen LogP contribution in [0.2, 0.25) is 0 Å². The smallest absolute Gasteiger partial charge is 0.310 e. The third-order valence-electron chi connectivity index (χ3n) is 3.64. The molecule has 0 radical (unpaired) electrons. The number of hydrogen-bond donors (Lipinski definition) is 1. The summed E-state index contributed by atoms with van der Waals surface area (Å²) >= 11 is 0. The van der Waals surface area contributed by atoms with Gasteiger partial charge in [-0.25, -0.2) is 0 Å². The number of nitrogens with two attached hydrogens (primary N) is 1. The van der Waals surface area contributed by atoms with Crippen LogP contribution in [0.25, 0.3) is 0 Å². The summed E-state index contributed by atoms with van der Waals surface area (Å²) in [5, 5.41) is 0. The highest BCUT2D eigenvalue weighted by Crippen LogP contribution is 2.19. The van der Waals surface area contributed by atoms with Gasteiger partial charge in [-0.1, -0.05) is 12.1 Å². The van der Waals surface area contributed by atoms with E-state index >= 15 is 0 Å². The number of methoxy groups -OCH3 is 1. The fraction of sp³-hybridized carbons (Fsp3) is 0.467. The minimum Gasteiger partial charge on any atom is -0.469 e. The second-order valence-electron chi connectivity index (χ2n) is 5.12. The average Bonchev–Trinajstić information content (AvgIpc) is 2.49. The molecular weight excluding hydrogens is 256 g/mol. The summed E-state index contributed by atoms with van der Waals surface area (Å²) in [5.41, 5.74) is 7.24. The van der Waals surface area contributed by atoms with E-state index in [-0.39, 0.29) is 17.8 Å². The minimum absolute atomic E-state index is 0.0448.